The molecule has 1 unspecified atom stereocenters. The summed E-state index contributed by atoms with van der Waals surface area (Å²) < 4.78 is 5.75. The van der Waals surface area contributed by atoms with Crippen molar-refractivity contribution in [3.8, 4) is 5.75 Å². The van der Waals surface area contributed by atoms with Crippen LogP contribution in [0.4, 0.5) is 0 Å². The summed E-state index contributed by atoms with van der Waals surface area (Å²) in [5.41, 5.74) is 1.44. The van der Waals surface area contributed by atoms with Crippen molar-refractivity contribution in [2.45, 2.75) is 45.8 Å². The lowest BCUT2D eigenvalue weighted by Crippen LogP contribution is -2.30. The third-order valence-corrected chi connectivity index (χ3v) is 5.90. The summed E-state index contributed by atoms with van der Waals surface area (Å²) in [6.45, 7) is 6.40. The van der Waals surface area contributed by atoms with E-state index in [-0.39, 0.29) is 17.4 Å². The van der Waals surface area contributed by atoms with E-state index in [0.29, 0.717) is 17.9 Å². The van der Waals surface area contributed by atoms with Crippen LogP contribution in [0.3, 0.4) is 0 Å². The summed E-state index contributed by atoms with van der Waals surface area (Å²) in [5.74, 6) is -0.647. The first kappa shape index (κ1) is 22.6. The molecule has 0 spiro atoms. The van der Waals surface area contributed by atoms with E-state index >= 15 is 0 Å². The number of aliphatic hydroxyl groups excluding tert-OH is 1. The van der Waals surface area contributed by atoms with Crippen LogP contribution in [0.1, 0.15) is 50.8 Å². The number of rotatable bonds is 7. The molecular formula is C28H29NO4. The fourth-order valence-corrected chi connectivity index (χ4v) is 4.36. The monoisotopic (exact) mass is 443 g/mol. The van der Waals surface area contributed by atoms with Crippen LogP contribution in [0.15, 0.2) is 72.3 Å². The predicted octanol–water partition coefficient (Wildman–Crippen LogP) is 5.85. The SMILES string of the molecule is CCCCN1C(=O)C(=O)/C(=C(\O)c2cccc3ccccc23)C1c1ccc(OC(C)C)cc1. The van der Waals surface area contributed by atoms with Gasteiger partial charge in [0.15, 0.2) is 0 Å². The molecule has 0 saturated carbocycles. The van der Waals surface area contributed by atoms with Crippen molar-refractivity contribution in [3.05, 3.63) is 83.4 Å². The third-order valence-electron chi connectivity index (χ3n) is 5.90. The average molecular weight is 444 g/mol. The highest BCUT2D eigenvalue weighted by atomic mass is 16.5. The molecule has 0 radical (unpaired) electrons. The van der Waals surface area contributed by atoms with Crippen LogP contribution in [-0.4, -0.2) is 34.3 Å². The van der Waals surface area contributed by atoms with Crippen LogP contribution in [0, 0.1) is 0 Å². The number of Topliss-reactive ketones (excluding diaryl/α,β-unsaturated/α-hetero) is 1. The van der Waals surface area contributed by atoms with Crippen LogP contribution in [0.5, 0.6) is 5.75 Å². The van der Waals surface area contributed by atoms with Gasteiger partial charge >= 0.3 is 0 Å². The Kier molecular flexibility index (Phi) is 6.50. The van der Waals surface area contributed by atoms with Crippen molar-refractivity contribution in [2.24, 2.45) is 0 Å². The molecule has 5 nitrogen and oxygen atoms in total. The molecule has 0 aromatic heterocycles. The van der Waals surface area contributed by atoms with Gasteiger partial charge in [0.1, 0.15) is 11.5 Å². The van der Waals surface area contributed by atoms with Gasteiger partial charge in [-0.1, -0.05) is 67.9 Å². The Morgan fingerprint density at radius 3 is 2.39 bits per heavy atom. The second-order valence-electron chi connectivity index (χ2n) is 8.61. The maximum absolute atomic E-state index is 13.2. The minimum absolute atomic E-state index is 0.0393. The third kappa shape index (κ3) is 4.36. The first-order chi connectivity index (χ1) is 15.9. The Hall–Kier alpha value is -3.60. The number of aliphatic hydroxyl groups is 1. The summed E-state index contributed by atoms with van der Waals surface area (Å²) in [7, 11) is 0. The van der Waals surface area contributed by atoms with Gasteiger partial charge in [-0.2, -0.15) is 0 Å². The quantitative estimate of drug-likeness (QED) is 0.283. The highest BCUT2D eigenvalue weighted by Gasteiger charge is 2.45. The van der Waals surface area contributed by atoms with Gasteiger partial charge in [-0.05, 0) is 48.7 Å². The summed E-state index contributed by atoms with van der Waals surface area (Å²) in [4.78, 5) is 27.8. The molecule has 4 rings (SSSR count). The molecule has 1 aliphatic heterocycles. The molecule has 1 saturated heterocycles. The van der Waals surface area contributed by atoms with Gasteiger partial charge < -0.3 is 14.7 Å². The molecule has 3 aromatic carbocycles. The fourth-order valence-electron chi connectivity index (χ4n) is 4.36. The van der Waals surface area contributed by atoms with Crippen molar-refractivity contribution in [1.29, 1.82) is 0 Å². The number of carbonyl (C=O) groups excluding carboxylic acids is 2. The van der Waals surface area contributed by atoms with Crippen LogP contribution in [0.2, 0.25) is 0 Å². The largest absolute Gasteiger partial charge is 0.507 e. The molecule has 170 valence electrons. The number of unbranched alkanes of at least 4 members (excludes halogenated alkanes) is 1. The Labute approximate surface area is 194 Å². The summed E-state index contributed by atoms with van der Waals surface area (Å²) in [6, 6.07) is 20.0. The zero-order chi connectivity index (χ0) is 23.5. The predicted molar refractivity (Wildman–Crippen MR) is 130 cm³/mol. The number of carbonyl (C=O) groups is 2. The van der Waals surface area contributed by atoms with E-state index < -0.39 is 17.7 Å². The average Bonchev–Trinajstić information content (AvgIpc) is 3.07. The smallest absolute Gasteiger partial charge is 0.295 e. The molecule has 5 heteroatoms. The van der Waals surface area contributed by atoms with Crippen LogP contribution < -0.4 is 4.74 Å². The molecule has 33 heavy (non-hydrogen) atoms. The van der Waals surface area contributed by atoms with Crippen LogP contribution in [-0.2, 0) is 9.59 Å². The number of hydrogen-bond donors (Lipinski definition) is 1. The molecule has 1 N–H and O–H groups in total. The van der Waals surface area contributed by atoms with E-state index in [2.05, 4.69) is 0 Å². The maximum atomic E-state index is 13.2. The van der Waals surface area contributed by atoms with Crippen molar-refractivity contribution in [2.75, 3.05) is 6.54 Å². The van der Waals surface area contributed by atoms with E-state index in [9.17, 15) is 14.7 Å². The molecule has 1 amide bonds. The van der Waals surface area contributed by atoms with Gasteiger partial charge in [0, 0.05) is 12.1 Å². The van der Waals surface area contributed by atoms with Crippen LogP contribution in [0.25, 0.3) is 16.5 Å². The van der Waals surface area contributed by atoms with E-state index in [4.69, 9.17) is 4.74 Å². The Morgan fingerprint density at radius 2 is 1.70 bits per heavy atom. The van der Waals surface area contributed by atoms with Crippen LogP contribution >= 0.6 is 0 Å². The first-order valence-electron chi connectivity index (χ1n) is 11.5. The zero-order valence-corrected chi connectivity index (χ0v) is 19.2. The molecule has 0 bridgehead atoms. The minimum atomic E-state index is -0.649. The number of ether oxygens (including phenoxy) is 1. The van der Waals surface area contributed by atoms with Gasteiger partial charge in [-0.15, -0.1) is 0 Å². The van der Waals surface area contributed by atoms with E-state index in [1.807, 2.05) is 81.4 Å². The first-order valence-corrected chi connectivity index (χ1v) is 11.5. The maximum Gasteiger partial charge on any atom is 0.295 e. The van der Waals surface area contributed by atoms with E-state index in [1.54, 1.807) is 11.0 Å². The standard InChI is InChI=1S/C28H29NO4/c1-4-5-17-29-25(20-13-15-21(16-14-20)33-18(2)3)24(27(31)28(29)32)26(30)23-12-8-10-19-9-6-7-11-22(19)23/h6-16,18,25,30H,4-5,17H2,1-3H3/b26-24-. The second kappa shape index (κ2) is 9.49. The normalized spacial score (nSPS) is 17.8. The number of nitrogens with zero attached hydrogens (tertiary/aromatic N) is 1. The number of amides is 1. The summed E-state index contributed by atoms with van der Waals surface area (Å²) in [6.07, 6.45) is 1.70. The molecule has 1 atom stereocenters. The lowest BCUT2D eigenvalue weighted by atomic mass is 9.93. The minimum Gasteiger partial charge on any atom is -0.507 e. The van der Waals surface area contributed by atoms with E-state index in [0.717, 1.165) is 29.2 Å². The molecule has 3 aromatic rings. The van der Waals surface area contributed by atoms with Crippen molar-refractivity contribution in [3.63, 3.8) is 0 Å². The van der Waals surface area contributed by atoms with Gasteiger partial charge in [0.25, 0.3) is 11.7 Å². The molecule has 1 heterocycles. The van der Waals surface area contributed by atoms with Crippen molar-refractivity contribution < 1.29 is 19.4 Å². The second-order valence-corrected chi connectivity index (χ2v) is 8.61. The Bertz CT molecular complexity index is 1200. The fraction of sp³-hybridized carbons (Fsp3) is 0.286. The van der Waals surface area contributed by atoms with Crippen molar-refractivity contribution >= 4 is 28.2 Å². The Balaban J connectivity index is 1.86. The highest BCUT2D eigenvalue weighted by molar-refractivity contribution is 6.46. The summed E-state index contributed by atoms with van der Waals surface area (Å²) >= 11 is 0. The zero-order valence-electron chi connectivity index (χ0n) is 19.2. The number of ketones is 1. The molecule has 1 aliphatic rings. The van der Waals surface area contributed by atoms with Gasteiger partial charge in [0.2, 0.25) is 0 Å². The molecule has 0 aliphatic carbocycles. The van der Waals surface area contributed by atoms with Crippen molar-refractivity contribution in [1.82, 2.24) is 4.90 Å². The lowest BCUT2D eigenvalue weighted by molar-refractivity contribution is -0.139. The van der Waals surface area contributed by atoms with E-state index in [1.165, 1.54) is 0 Å². The Morgan fingerprint density at radius 1 is 1.00 bits per heavy atom. The highest BCUT2D eigenvalue weighted by Crippen LogP contribution is 2.41. The summed E-state index contributed by atoms with van der Waals surface area (Å²) in [5, 5.41) is 13.2. The number of benzene rings is 3. The topological polar surface area (TPSA) is 66.8 Å². The number of fused-ring (bicyclic) bond motifs is 1. The molecular weight excluding hydrogens is 414 g/mol. The van der Waals surface area contributed by atoms with Gasteiger partial charge in [-0.25, -0.2) is 0 Å². The number of likely N-dealkylation sites (tertiary alicyclic amines) is 1. The number of hydrogen-bond acceptors (Lipinski definition) is 4. The lowest BCUT2D eigenvalue weighted by Gasteiger charge is -2.25. The van der Waals surface area contributed by atoms with Gasteiger partial charge in [-0.3, -0.25) is 9.59 Å². The molecule has 1 fully saturated rings. The van der Waals surface area contributed by atoms with Gasteiger partial charge in [0.05, 0.1) is 17.7 Å².